The Morgan fingerprint density at radius 3 is 2.23 bits per heavy atom. The molecule has 2 amide bonds. The lowest BCUT2D eigenvalue weighted by molar-refractivity contribution is -0.128. The van der Waals surface area contributed by atoms with Gasteiger partial charge in [-0.2, -0.15) is 0 Å². The number of rotatable bonds is 6. The monoisotopic (exact) mass is 354 g/mol. The fourth-order valence-electron chi connectivity index (χ4n) is 2.38. The van der Waals surface area contributed by atoms with Crippen LogP contribution >= 0.6 is 0 Å². The highest BCUT2D eigenvalue weighted by atomic mass is 16.5. The molecular weight excluding hydrogens is 328 g/mol. The first-order valence-corrected chi connectivity index (χ1v) is 8.67. The van der Waals surface area contributed by atoms with Crippen molar-refractivity contribution in [2.75, 3.05) is 18.0 Å². The van der Waals surface area contributed by atoms with E-state index in [1.807, 2.05) is 75.4 Å². The van der Waals surface area contributed by atoms with Crippen LogP contribution in [0.15, 0.2) is 54.6 Å². The minimum Gasteiger partial charge on any atom is -0.455 e. The number of ether oxygens (including phenoxy) is 1. The lowest BCUT2D eigenvalue weighted by atomic mass is 9.96. The quantitative estimate of drug-likeness (QED) is 0.853. The summed E-state index contributed by atoms with van der Waals surface area (Å²) in [6.45, 7) is 7.81. The van der Waals surface area contributed by atoms with E-state index in [1.54, 1.807) is 4.90 Å². The zero-order valence-corrected chi connectivity index (χ0v) is 15.8. The molecule has 0 radical (unpaired) electrons. The van der Waals surface area contributed by atoms with Gasteiger partial charge < -0.3 is 15.0 Å². The number of hydrogen-bond donors (Lipinski definition) is 1. The second-order valence-corrected chi connectivity index (χ2v) is 7.06. The Hall–Kier alpha value is -2.82. The van der Waals surface area contributed by atoms with Gasteiger partial charge in [-0.1, -0.05) is 51.1 Å². The first-order chi connectivity index (χ1) is 12.3. The molecule has 2 aromatic rings. The van der Waals surface area contributed by atoms with Crippen LogP contribution in [-0.2, 0) is 9.59 Å². The molecule has 2 rings (SSSR count). The number of hydrogen-bond acceptors (Lipinski definition) is 3. The summed E-state index contributed by atoms with van der Waals surface area (Å²) in [4.78, 5) is 25.8. The average molecular weight is 354 g/mol. The number of nitrogens with zero attached hydrogens (tertiary/aromatic N) is 1. The van der Waals surface area contributed by atoms with E-state index in [0.29, 0.717) is 30.3 Å². The number of anilines is 1. The highest BCUT2D eigenvalue weighted by Crippen LogP contribution is 2.32. The van der Waals surface area contributed by atoms with Crippen molar-refractivity contribution in [1.29, 1.82) is 0 Å². The number of nitrogens with one attached hydrogen (secondary N) is 1. The smallest absolute Gasteiger partial charge is 0.225 e. The van der Waals surface area contributed by atoms with Gasteiger partial charge in [0.2, 0.25) is 11.8 Å². The van der Waals surface area contributed by atoms with E-state index in [1.165, 1.54) is 6.92 Å². The zero-order chi connectivity index (χ0) is 19.2. The molecule has 0 heterocycles. The van der Waals surface area contributed by atoms with Crippen LogP contribution in [0.1, 0.15) is 27.7 Å². The number of benzene rings is 2. The van der Waals surface area contributed by atoms with E-state index in [2.05, 4.69) is 5.32 Å². The van der Waals surface area contributed by atoms with E-state index < -0.39 is 5.41 Å². The van der Waals surface area contributed by atoms with E-state index in [0.717, 1.165) is 0 Å². The molecule has 0 bridgehead atoms. The number of para-hydroxylation sites is 3. The standard InChI is InChI=1S/C21H26N2O3/c1-16(24)23(15-14-22-20(25)21(2,3)4)18-12-8-9-13-19(18)26-17-10-6-5-7-11-17/h5-13H,14-15H2,1-4H3,(H,22,25). The van der Waals surface area contributed by atoms with Gasteiger partial charge in [-0.25, -0.2) is 0 Å². The topological polar surface area (TPSA) is 58.6 Å². The maximum Gasteiger partial charge on any atom is 0.225 e. The van der Waals surface area contributed by atoms with Gasteiger partial charge in [0.15, 0.2) is 5.75 Å². The molecule has 0 aliphatic carbocycles. The van der Waals surface area contributed by atoms with Crippen LogP contribution < -0.4 is 15.0 Å². The van der Waals surface area contributed by atoms with Crippen LogP contribution in [0.2, 0.25) is 0 Å². The third-order valence-electron chi connectivity index (χ3n) is 3.81. The van der Waals surface area contributed by atoms with Gasteiger partial charge in [0.25, 0.3) is 0 Å². The molecule has 5 nitrogen and oxygen atoms in total. The Morgan fingerprint density at radius 2 is 1.62 bits per heavy atom. The average Bonchev–Trinajstić information content (AvgIpc) is 2.59. The summed E-state index contributed by atoms with van der Waals surface area (Å²) < 4.78 is 5.94. The van der Waals surface area contributed by atoms with Gasteiger partial charge in [-0.05, 0) is 24.3 Å². The van der Waals surface area contributed by atoms with Crippen LogP contribution in [0.5, 0.6) is 11.5 Å². The molecule has 2 aromatic carbocycles. The molecule has 0 spiro atoms. The Balaban J connectivity index is 2.14. The Bertz CT molecular complexity index is 751. The van der Waals surface area contributed by atoms with E-state index >= 15 is 0 Å². The second kappa shape index (κ2) is 8.52. The first-order valence-electron chi connectivity index (χ1n) is 8.67. The number of carbonyl (C=O) groups excluding carboxylic acids is 2. The molecule has 0 aliphatic rings. The minimum atomic E-state index is -0.463. The lowest BCUT2D eigenvalue weighted by Crippen LogP contribution is -2.41. The van der Waals surface area contributed by atoms with Crippen molar-refractivity contribution in [2.24, 2.45) is 5.41 Å². The van der Waals surface area contributed by atoms with Crippen LogP contribution in [-0.4, -0.2) is 24.9 Å². The molecular formula is C21H26N2O3. The molecule has 0 aromatic heterocycles. The fraction of sp³-hybridized carbons (Fsp3) is 0.333. The molecule has 0 saturated carbocycles. The zero-order valence-electron chi connectivity index (χ0n) is 15.8. The van der Waals surface area contributed by atoms with Crippen molar-refractivity contribution in [3.05, 3.63) is 54.6 Å². The van der Waals surface area contributed by atoms with Gasteiger partial charge in [0.05, 0.1) is 5.69 Å². The third kappa shape index (κ3) is 5.34. The normalized spacial score (nSPS) is 10.9. The van der Waals surface area contributed by atoms with Gasteiger partial charge in [-0.15, -0.1) is 0 Å². The summed E-state index contributed by atoms with van der Waals surface area (Å²) in [5, 5.41) is 2.87. The van der Waals surface area contributed by atoms with Gasteiger partial charge in [0, 0.05) is 25.4 Å². The summed E-state index contributed by atoms with van der Waals surface area (Å²) in [5.74, 6) is 1.13. The largest absolute Gasteiger partial charge is 0.455 e. The first kappa shape index (κ1) is 19.5. The van der Waals surface area contributed by atoms with Gasteiger partial charge >= 0.3 is 0 Å². The maximum absolute atomic E-state index is 12.2. The number of amides is 2. The summed E-state index contributed by atoms with van der Waals surface area (Å²) in [6, 6.07) is 16.8. The highest BCUT2D eigenvalue weighted by molar-refractivity contribution is 5.93. The molecule has 0 aliphatic heterocycles. The summed E-state index contributed by atoms with van der Waals surface area (Å²) in [6.07, 6.45) is 0. The molecule has 26 heavy (non-hydrogen) atoms. The summed E-state index contributed by atoms with van der Waals surface area (Å²) in [5.41, 5.74) is 0.212. The fourth-order valence-corrected chi connectivity index (χ4v) is 2.38. The SMILES string of the molecule is CC(=O)N(CCNC(=O)C(C)(C)C)c1ccccc1Oc1ccccc1. The van der Waals surface area contributed by atoms with Gasteiger partial charge in [0.1, 0.15) is 5.75 Å². The van der Waals surface area contributed by atoms with E-state index in [9.17, 15) is 9.59 Å². The Morgan fingerprint density at radius 1 is 1.00 bits per heavy atom. The molecule has 0 unspecified atom stereocenters. The molecule has 138 valence electrons. The number of carbonyl (C=O) groups is 2. The highest BCUT2D eigenvalue weighted by Gasteiger charge is 2.22. The molecule has 1 N–H and O–H groups in total. The van der Waals surface area contributed by atoms with Crippen LogP contribution in [0.4, 0.5) is 5.69 Å². The van der Waals surface area contributed by atoms with Crippen molar-refractivity contribution in [3.8, 4) is 11.5 Å². The molecule has 0 saturated heterocycles. The minimum absolute atomic E-state index is 0.0465. The second-order valence-electron chi connectivity index (χ2n) is 7.06. The van der Waals surface area contributed by atoms with E-state index in [4.69, 9.17) is 4.74 Å². The summed E-state index contributed by atoms with van der Waals surface area (Å²) >= 11 is 0. The summed E-state index contributed by atoms with van der Waals surface area (Å²) in [7, 11) is 0. The van der Waals surface area contributed by atoms with Crippen molar-refractivity contribution >= 4 is 17.5 Å². The maximum atomic E-state index is 12.2. The van der Waals surface area contributed by atoms with Crippen LogP contribution in [0, 0.1) is 5.41 Å². The molecule has 0 fully saturated rings. The van der Waals surface area contributed by atoms with E-state index in [-0.39, 0.29) is 11.8 Å². The predicted octanol–water partition coefficient (Wildman–Crippen LogP) is 3.99. The van der Waals surface area contributed by atoms with Crippen molar-refractivity contribution in [3.63, 3.8) is 0 Å². The molecule has 5 heteroatoms. The predicted molar refractivity (Wildman–Crippen MR) is 103 cm³/mol. The van der Waals surface area contributed by atoms with Crippen molar-refractivity contribution in [1.82, 2.24) is 5.32 Å². The van der Waals surface area contributed by atoms with Crippen molar-refractivity contribution < 1.29 is 14.3 Å². The Kier molecular flexibility index (Phi) is 6.39. The van der Waals surface area contributed by atoms with Crippen LogP contribution in [0.3, 0.4) is 0 Å². The third-order valence-corrected chi connectivity index (χ3v) is 3.81. The van der Waals surface area contributed by atoms with Crippen LogP contribution in [0.25, 0.3) is 0 Å². The molecule has 0 atom stereocenters. The van der Waals surface area contributed by atoms with Gasteiger partial charge in [-0.3, -0.25) is 9.59 Å². The van der Waals surface area contributed by atoms with Crippen molar-refractivity contribution in [2.45, 2.75) is 27.7 Å². The Labute approximate surface area is 155 Å². The lowest BCUT2D eigenvalue weighted by Gasteiger charge is -2.25.